The van der Waals surface area contributed by atoms with Crippen LogP contribution in [-0.2, 0) is 13.0 Å². The van der Waals surface area contributed by atoms with Gasteiger partial charge in [0.05, 0.1) is 27.3 Å². The molecule has 2 aromatic carbocycles. The number of carbonyl (C=O) groups is 1. The summed E-state index contributed by atoms with van der Waals surface area (Å²) in [4.78, 5) is 14.3. The fourth-order valence-corrected chi connectivity index (χ4v) is 4.87. The molecule has 0 saturated heterocycles. The maximum atomic E-state index is 12.7. The van der Waals surface area contributed by atoms with Crippen molar-refractivity contribution in [3.05, 3.63) is 58.5 Å². The smallest absolute Gasteiger partial charge is 0.317 e. The highest BCUT2D eigenvalue weighted by Crippen LogP contribution is 2.39. The van der Waals surface area contributed by atoms with Crippen LogP contribution in [0, 0.1) is 0 Å². The van der Waals surface area contributed by atoms with Crippen LogP contribution in [0.4, 0.5) is 4.79 Å². The van der Waals surface area contributed by atoms with Crippen molar-refractivity contribution in [1.29, 1.82) is 0 Å². The van der Waals surface area contributed by atoms with Crippen LogP contribution in [-0.4, -0.2) is 43.3 Å². The van der Waals surface area contributed by atoms with Crippen molar-refractivity contribution in [2.24, 2.45) is 0 Å². The van der Waals surface area contributed by atoms with Crippen molar-refractivity contribution in [3.63, 3.8) is 0 Å². The molecule has 6 nitrogen and oxygen atoms in total. The number of β-amino-alcohol motifs (C(OH)–C–C–N with tert-alkyl or cyclic N) is 1. The van der Waals surface area contributed by atoms with E-state index >= 15 is 0 Å². The third-order valence-electron chi connectivity index (χ3n) is 5.31. The topological polar surface area (TPSA) is 71.0 Å². The van der Waals surface area contributed by atoms with Gasteiger partial charge in [-0.1, -0.05) is 18.2 Å². The van der Waals surface area contributed by atoms with Crippen LogP contribution in [0.1, 0.15) is 22.8 Å². The second kappa shape index (κ2) is 8.31. The molecule has 1 aliphatic rings. The molecule has 2 amide bonds. The first kappa shape index (κ1) is 19.5. The Hall–Kier alpha value is -2.77. The number of fused-ring (bicyclic) bond motifs is 2. The van der Waals surface area contributed by atoms with Gasteiger partial charge >= 0.3 is 6.03 Å². The SMILES string of the molecule is COc1ccc(OC)c2c1CN(C(=O)NCCc1csc3ccccc13)CC2O. The zero-order valence-electron chi connectivity index (χ0n) is 16.5. The molecule has 29 heavy (non-hydrogen) atoms. The van der Waals surface area contributed by atoms with Crippen molar-refractivity contribution in [2.75, 3.05) is 27.3 Å². The van der Waals surface area contributed by atoms with Gasteiger partial charge in [0, 0.05) is 22.4 Å². The fraction of sp³-hybridized carbons (Fsp3) is 0.318. The molecule has 4 rings (SSSR count). The molecule has 1 atom stereocenters. The summed E-state index contributed by atoms with van der Waals surface area (Å²) in [5.74, 6) is 1.25. The standard InChI is InChI=1S/C22H24N2O4S/c1-27-18-7-8-19(28-2)21-16(18)11-24(12-17(21)25)22(26)23-10-9-14-13-29-20-6-4-3-5-15(14)20/h3-8,13,17,25H,9-12H2,1-2H3,(H,23,26). The van der Waals surface area contributed by atoms with Gasteiger partial charge < -0.3 is 24.8 Å². The monoisotopic (exact) mass is 412 g/mol. The number of nitrogens with zero attached hydrogens (tertiary/aromatic N) is 1. The number of hydrogen-bond acceptors (Lipinski definition) is 5. The fourth-order valence-electron chi connectivity index (χ4n) is 3.87. The van der Waals surface area contributed by atoms with Crippen LogP contribution < -0.4 is 14.8 Å². The molecule has 1 aliphatic heterocycles. The number of methoxy groups -OCH3 is 2. The van der Waals surface area contributed by atoms with Gasteiger partial charge in [-0.3, -0.25) is 0 Å². The van der Waals surface area contributed by atoms with E-state index in [1.54, 1.807) is 42.6 Å². The maximum Gasteiger partial charge on any atom is 0.317 e. The Bertz CT molecular complexity index is 1030. The average molecular weight is 413 g/mol. The number of amides is 2. The number of thiophene rings is 1. The Morgan fingerprint density at radius 1 is 1.21 bits per heavy atom. The van der Waals surface area contributed by atoms with E-state index < -0.39 is 6.10 Å². The first-order valence-electron chi connectivity index (χ1n) is 9.52. The number of urea groups is 1. The number of aliphatic hydroxyl groups excluding tert-OH is 1. The summed E-state index contributed by atoms with van der Waals surface area (Å²) in [6, 6.07) is 11.7. The van der Waals surface area contributed by atoms with E-state index in [0.29, 0.717) is 30.2 Å². The lowest BCUT2D eigenvalue weighted by molar-refractivity contribution is 0.101. The molecule has 3 aromatic rings. The normalized spacial score (nSPS) is 15.8. The summed E-state index contributed by atoms with van der Waals surface area (Å²) >= 11 is 1.72. The lowest BCUT2D eigenvalue weighted by Crippen LogP contribution is -2.44. The van der Waals surface area contributed by atoms with Gasteiger partial charge in [0.25, 0.3) is 0 Å². The number of nitrogens with one attached hydrogen (secondary N) is 1. The molecule has 1 unspecified atom stereocenters. The number of carbonyl (C=O) groups excluding carboxylic acids is 1. The molecule has 152 valence electrons. The highest BCUT2D eigenvalue weighted by molar-refractivity contribution is 7.17. The molecule has 0 saturated carbocycles. The van der Waals surface area contributed by atoms with Gasteiger partial charge in [-0.2, -0.15) is 0 Å². The first-order valence-corrected chi connectivity index (χ1v) is 10.4. The van der Waals surface area contributed by atoms with E-state index in [4.69, 9.17) is 9.47 Å². The van der Waals surface area contributed by atoms with Gasteiger partial charge in [-0.25, -0.2) is 4.79 Å². The molecule has 0 bridgehead atoms. The Balaban J connectivity index is 1.44. The lowest BCUT2D eigenvalue weighted by atomic mass is 9.95. The summed E-state index contributed by atoms with van der Waals surface area (Å²) < 4.78 is 12.1. The molecule has 7 heteroatoms. The Morgan fingerprint density at radius 2 is 1.97 bits per heavy atom. The molecule has 0 spiro atoms. The molecule has 2 N–H and O–H groups in total. The van der Waals surface area contributed by atoms with Gasteiger partial charge in [-0.05, 0) is 40.9 Å². The summed E-state index contributed by atoms with van der Waals surface area (Å²) in [5.41, 5.74) is 2.71. The van der Waals surface area contributed by atoms with Gasteiger partial charge in [-0.15, -0.1) is 11.3 Å². The molecule has 0 aliphatic carbocycles. The second-order valence-electron chi connectivity index (χ2n) is 7.00. The number of hydrogen-bond donors (Lipinski definition) is 2. The number of ether oxygens (including phenoxy) is 2. The Labute approximate surface area is 173 Å². The summed E-state index contributed by atoms with van der Waals surface area (Å²) in [6.45, 7) is 1.11. The van der Waals surface area contributed by atoms with Crippen LogP contribution in [0.2, 0.25) is 0 Å². The molecule has 1 aromatic heterocycles. The molecule has 0 radical (unpaired) electrons. The van der Waals surface area contributed by atoms with E-state index in [9.17, 15) is 9.90 Å². The van der Waals surface area contributed by atoms with E-state index in [1.807, 2.05) is 12.1 Å². The van der Waals surface area contributed by atoms with Crippen LogP contribution >= 0.6 is 11.3 Å². The van der Waals surface area contributed by atoms with Crippen LogP contribution in [0.3, 0.4) is 0 Å². The van der Waals surface area contributed by atoms with E-state index in [2.05, 4.69) is 22.8 Å². The highest BCUT2D eigenvalue weighted by atomic mass is 32.1. The van der Waals surface area contributed by atoms with E-state index in [0.717, 1.165) is 12.0 Å². The third kappa shape index (κ3) is 3.75. The minimum absolute atomic E-state index is 0.195. The minimum Gasteiger partial charge on any atom is -0.496 e. The predicted molar refractivity (Wildman–Crippen MR) is 114 cm³/mol. The summed E-state index contributed by atoms with van der Waals surface area (Å²) in [7, 11) is 3.15. The Kier molecular flexibility index (Phi) is 5.60. The van der Waals surface area contributed by atoms with Crippen molar-refractivity contribution in [1.82, 2.24) is 10.2 Å². The summed E-state index contributed by atoms with van der Waals surface area (Å²) in [5, 5.41) is 17.0. The van der Waals surface area contributed by atoms with E-state index in [-0.39, 0.29) is 12.6 Å². The van der Waals surface area contributed by atoms with Gasteiger partial charge in [0.2, 0.25) is 0 Å². The second-order valence-corrected chi connectivity index (χ2v) is 7.91. The number of benzene rings is 2. The van der Waals surface area contributed by atoms with Crippen LogP contribution in [0.5, 0.6) is 11.5 Å². The maximum absolute atomic E-state index is 12.7. The molecular formula is C22H24N2O4S. The zero-order chi connectivity index (χ0) is 20.4. The Morgan fingerprint density at radius 3 is 2.76 bits per heavy atom. The largest absolute Gasteiger partial charge is 0.496 e. The quantitative estimate of drug-likeness (QED) is 0.670. The van der Waals surface area contributed by atoms with Crippen molar-refractivity contribution in [3.8, 4) is 11.5 Å². The number of aliphatic hydroxyl groups is 1. The molecule has 0 fully saturated rings. The van der Waals surface area contributed by atoms with Crippen molar-refractivity contribution in [2.45, 2.75) is 19.1 Å². The lowest BCUT2D eigenvalue weighted by Gasteiger charge is -2.34. The number of rotatable bonds is 5. The van der Waals surface area contributed by atoms with Crippen LogP contribution in [0.15, 0.2) is 41.8 Å². The predicted octanol–water partition coefficient (Wildman–Crippen LogP) is 3.72. The summed E-state index contributed by atoms with van der Waals surface area (Å²) in [6.07, 6.45) is -0.0600. The third-order valence-corrected chi connectivity index (χ3v) is 6.32. The van der Waals surface area contributed by atoms with E-state index in [1.165, 1.54) is 15.6 Å². The minimum atomic E-state index is -0.824. The molecular weight excluding hydrogens is 388 g/mol. The first-order chi connectivity index (χ1) is 14.1. The van der Waals surface area contributed by atoms with Crippen molar-refractivity contribution >= 4 is 27.5 Å². The van der Waals surface area contributed by atoms with Crippen molar-refractivity contribution < 1.29 is 19.4 Å². The average Bonchev–Trinajstić information content (AvgIpc) is 3.16. The van der Waals surface area contributed by atoms with Gasteiger partial charge in [0.1, 0.15) is 17.6 Å². The highest BCUT2D eigenvalue weighted by Gasteiger charge is 2.31. The van der Waals surface area contributed by atoms with Crippen LogP contribution in [0.25, 0.3) is 10.1 Å². The van der Waals surface area contributed by atoms with Gasteiger partial charge in [0.15, 0.2) is 0 Å². The molecule has 2 heterocycles. The zero-order valence-corrected chi connectivity index (χ0v) is 17.3.